The van der Waals surface area contributed by atoms with E-state index in [4.69, 9.17) is 12.2 Å². The van der Waals surface area contributed by atoms with E-state index in [1.165, 1.54) is 25.3 Å². The molecule has 30 heavy (non-hydrogen) atoms. The molecule has 2 fully saturated rings. The molecule has 2 unspecified atom stereocenters. The van der Waals surface area contributed by atoms with Crippen molar-refractivity contribution in [2.45, 2.75) is 50.2 Å². The quantitative estimate of drug-likeness (QED) is 0.580. The first kappa shape index (κ1) is 19.2. The fourth-order valence-corrected chi connectivity index (χ4v) is 5.32. The lowest BCUT2D eigenvalue weighted by Gasteiger charge is -2.37. The summed E-state index contributed by atoms with van der Waals surface area (Å²) in [5.74, 6) is -0.238. The van der Waals surface area contributed by atoms with Gasteiger partial charge in [-0.05, 0) is 67.5 Å². The van der Waals surface area contributed by atoms with Gasteiger partial charge in [0.25, 0.3) is 0 Å². The number of hydrogen-bond donors (Lipinski definition) is 1. The van der Waals surface area contributed by atoms with Crippen molar-refractivity contribution in [1.29, 1.82) is 0 Å². The van der Waals surface area contributed by atoms with Crippen molar-refractivity contribution in [1.82, 2.24) is 19.8 Å². The Kier molecular flexibility index (Phi) is 5.25. The van der Waals surface area contributed by atoms with E-state index in [-0.39, 0.29) is 17.9 Å². The Labute approximate surface area is 181 Å². The molecule has 6 heteroatoms. The van der Waals surface area contributed by atoms with Gasteiger partial charge in [-0.1, -0.05) is 31.4 Å². The molecule has 3 heterocycles. The first-order valence-electron chi connectivity index (χ1n) is 10.7. The van der Waals surface area contributed by atoms with Gasteiger partial charge < -0.3 is 14.8 Å². The molecule has 1 aromatic carbocycles. The second-order valence-electron chi connectivity index (χ2n) is 8.11. The minimum absolute atomic E-state index is 0.00577. The maximum atomic E-state index is 14.0. The van der Waals surface area contributed by atoms with Crippen LogP contribution in [0.1, 0.15) is 55.6 Å². The predicted octanol–water partition coefficient (Wildman–Crippen LogP) is 5.32. The Morgan fingerprint density at radius 2 is 1.87 bits per heavy atom. The molecule has 0 radical (unpaired) electrons. The van der Waals surface area contributed by atoms with Gasteiger partial charge in [-0.2, -0.15) is 0 Å². The average molecular weight is 421 g/mol. The first-order valence-corrected chi connectivity index (χ1v) is 11.1. The standard InChI is InChI=1S/C24H25FN4S/c25-17-8-6-11-19(16-17)28-15-7-13-21(28)23-22(20-12-4-5-14-26-20)27-24(30)29(23)18-9-2-1-3-10-18/h4-8,11-16,18,22-23H,1-3,9-10H2,(H,27,30). The van der Waals surface area contributed by atoms with Crippen molar-refractivity contribution in [2.75, 3.05) is 0 Å². The molecule has 0 amide bonds. The molecule has 5 rings (SSSR count). The summed E-state index contributed by atoms with van der Waals surface area (Å²) in [7, 11) is 0. The minimum atomic E-state index is -0.238. The van der Waals surface area contributed by atoms with Crippen LogP contribution < -0.4 is 5.32 Å². The van der Waals surface area contributed by atoms with Crippen LogP contribution in [0.3, 0.4) is 0 Å². The highest BCUT2D eigenvalue weighted by atomic mass is 32.1. The van der Waals surface area contributed by atoms with E-state index in [1.807, 2.05) is 42.7 Å². The monoisotopic (exact) mass is 420 g/mol. The number of pyridine rings is 1. The lowest BCUT2D eigenvalue weighted by molar-refractivity contribution is 0.193. The van der Waals surface area contributed by atoms with Gasteiger partial charge in [0.1, 0.15) is 5.82 Å². The lowest BCUT2D eigenvalue weighted by atomic mass is 9.92. The molecule has 1 saturated carbocycles. The summed E-state index contributed by atoms with van der Waals surface area (Å²) in [6.07, 6.45) is 9.87. The van der Waals surface area contributed by atoms with Crippen LogP contribution in [0.2, 0.25) is 0 Å². The minimum Gasteiger partial charge on any atom is -0.352 e. The molecule has 1 N–H and O–H groups in total. The Morgan fingerprint density at radius 3 is 2.63 bits per heavy atom. The van der Waals surface area contributed by atoms with E-state index in [0.29, 0.717) is 6.04 Å². The van der Waals surface area contributed by atoms with E-state index < -0.39 is 0 Å². The van der Waals surface area contributed by atoms with Crippen molar-refractivity contribution in [3.8, 4) is 5.69 Å². The summed E-state index contributed by atoms with van der Waals surface area (Å²) in [4.78, 5) is 7.02. The van der Waals surface area contributed by atoms with Crippen molar-refractivity contribution in [3.05, 3.63) is 84.2 Å². The smallest absolute Gasteiger partial charge is 0.170 e. The summed E-state index contributed by atoms with van der Waals surface area (Å²) in [5, 5.41) is 4.34. The van der Waals surface area contributed by atoms with Gasteiger partial charge >= 0.3 is 0 Å². The lowest BCUT2D eigenvalue weighted by Crippen LogP contribution is -2.40. The Morgan fingerprint density at radius 1 is 1.00 bits per heavy atom. The van der Waals surface area contributed by atoms with Gasteiger partial charge in [0.2, 0.25) is 0 Å². The van der Waals surface area contributed by atoms with Gasteiger partial charge in [-0.15, -0.1) is 0 Å². The van der Waals surface area contributed by atoms with Crippen molar-refractivity contribution >= 4 is 17.3 Å². The molecule has 0 bridgehead atoms. The molecule has 154 valence electrons. The van der Waals surface area contributed by atoms with Gasteiger partial charge in [0.05, 0.1) is 17.8 Å². The summed E-state index contributed by atoms with van der Waals surface area (Å²) in [6.45, 7) is 0. The average Bonchev–Trinajstić information content (AvgIpc) is 3.39. The van der Waals surface area contributed by atoms with Crippen LogP contribution in [0.5, 0.6) is 0 Å². The molecule has 2 atom stereocenters. The van der Waals surface area contributed by atoms with Crippen LogP contribution in [0.25, 0.3) is 5.69 Å². The zero-order chi connectivity index (χ0) is 20.5. The maximum absolute atomic E-state index is 14.0. The number of thiocarbonyl (C=S) groups is 1. The Balaban J connectivity index is 1.61. The molecular formula is C24H25FN4S. The number of hydrogen-bond acceptors (Lipinski definition) is 2. The predicted molar refractivity (Wildman–Crippen MR) is 120 cm³/mol. The second-order valence-corrected chi connectivity index (χ2v) is 8.50. The van der Waals surface area contributed by atoms with E-state index in [1.54, 1.807) is 12.1 Å². The van der Waals surface area contributed by atoms with Gasteiger partial charge in [-0.3, -0.25) is 4.98 Å². The molecule has 2 aliphatic rings. The molecule has 4 nitrogen and oxygen atoms in total. The number of benzene rings is 1. The number of nitrogens with one attached hydrogen (secondary N) is 1. The summed E-state index contributed by atoms with van der Waals surface area (Å²) >= 11 is 5.85. The largest absolute Gasteiger partial charge is 0.352 e. The molecule has 1 aliphatic carbocycles. The molecule has 2 aromatic heterocycles. The second kappa shape index (κ2) is 8.19. The number of rotatable bonds is 4. The van der Waals surface area contributed by atoms with Crippen LogP contribution >= 0.6 is 12.2 Å². The molecule has 0 spiro atoms. The zero-order valence-electron chi connectivity index (χ0n) is 16.7. The fourth-order valence-electron chi connectivity index (χ4n) is 4.93. The van der Waals surface area contributed by atoms with Crippen LogP contribution in [0.4, 0.5) is 4.39 Å². The third-order valence-corrected chi connectivity index (χ3v) is 6.60. The Bertz CT molecular complexity index is 1030. The van der Waals surface area contributed by atoms with Crippen LogP contribution in [0, 0.1) is 5.82 Å². The normalized spacial score (nSPS) is 22.3. The van der Waals surface area contributed by atoms with Crippen LogP contribution in [-0.2, 0) is 0 Å². The summed E-state index contributed by atoms with van der Waals surface area (Å²) < 4.78 is 16.1. The maximum Gasteiger partial charge on any atom is 0.170 e. The molecular weight excluding hydrogens is 395 g/mol. The molecule has 1 saturated heterocycles. The van der Waals surface area contributed by atoms with Crippen molar-refractivity contribution in [3.63, 3.8) is 0 Å². The zero-order valence-corrected chi connectivity index (χ0v) is 17.6. The van der Waals surface area contributed by atoms with Crippen molar-refractivity contribution < 1.29 is 4.39 Å². The highest BCUT2D eigenvalue weighted by Gasteiger charge is 2.44. The van der Waals surface area contributed by atoms with Gasteiger partial charge in [0.15, 0.2) is 5.11 Å². The van der Waals surface area contributed by atoms with Gasteiger partial charge in [0, 0.05) is 29.8 Å². The third kappa shape index (κ3) is 3.49. The highest BCUT2D eigenvalue weighted by Crippen LogP contribution is 2.43. The van der Waals surface area contributed by atoms with Crippen LogP contribution in [0.15, 0.2) is 67.0 Å². The van der Waals surface area contributed by atoms with E-state index in [2.05, 4.69) is 25.8 Å². The number of halogens is 1. The SMILES string of the molecule is Fc1cccc(-n2cccc2C2C(c3ccccn3)NC(=S)N2C2CCCCC2)c1. The third-order valence-electron chi connectivity index (χ3n) is 6.27. The van der Waals surface area contributed by atoms with Crippen molar-refractivity contribution in [2.24, 2.45) is 0 Å². The topological polar surface area (TPSA) is 33.1 Å². The summed E-state index contributed by atoms with van der Waals surface area (Å²) in [5.41, 5.74) is 2.88. The molecule has 1 aliphatic heterocycles. The number of aromatic nitrogens is 2. The van der Waals surface area contributed by atoms with E-state index in [9.17, 15) is 4.39 Å². The fraction of sp³-hybridized carbons (Fsp3) is 0.333. The Hall–Kier alpha value is -2.73. The number of nitrogens with zero attached hydrogens (tertiary/aromatic N) is 3. The van der Waals surface area contributed by atoms with E-state index >= 15 is 0 Å². The summed E-state index contributed by atoms with van der Waals surface area (Å²) in [6, 6.07) is 17.2. The van der Waals surface area contributed by atoms with E-state index in [0.717, 1.165) is 35.0 Å². The van der Waals surface area contributed by atoms with Gasteiger partial charge in [-0.25, -0.2) is 4.39 Å². The highest BCUT2D eigenvalue weighted by molar-refractivity contribution is 7.80. The molecule has 3 aromatic rings. The van der Waals surface area contributed by atoms with Crippen LogP contribution in [-0.4, -0.2) is 25.6 Å². The first-order chi connectivity index (χ1) is 14.7.